The summed E-state index contributed by atoms with van der Waals surface area (Å²) in [5, 5.41) is 3.53. The molecule has 2 amide bonds. The van der Waals surface area contributed by atoms with Crippen molar-refractivity contribution in [2.24, 2.45) is 0 Å². The third-order valence-electron chi connectivity index (χ3n) is 5.09. The first kappa shape index (κ1) is 22.6. The van der Waals surface area contributed by atoms with Crippen LogP contribution >= 0.6 is 11.6 Å². The SMILES string of the molecule is CCNC(=O)C(Cc1ccccc1)N(Cc1ccccc1)C(=O)Cc1ccc(Cl)cc1. The van der Waals surface area contributed by atoms with E-state index in [0.717, 1.165) is 16.7 Å². The van der Waals surface area contributed by atoms with Crippen molar-refractivity contribution in [2.75, 3.05) is 6.54 Å². The molecule has 4 nitrogen and oxygen atoms in total. The van der Waals surface area contributed by atoms with Gasteiger partial charge in [0.05, 0.1) is 6.42 Å². The minimum atomic E-state index is -0.609. The van der Waals surface area contributed by atoms with Crippen LogP contribution in [0.5, 0.6) is 0 Å². The molecule has 0 saturated heterocycles. The van der Waals surface area contributed by atoms with Gasteiger partial charge in [0.25, 0.3) is 0 Å². The van der Waals surface area contributed by atoms with Crippen molar-refractivity contribution in [3.8, 4) is 0 Å². The van der Waals surface area contributed by atoms with E-state index in [2.05, 4.69) is 5.32 Å². The molecule has 0 bridgehead atoms. The van der Waals surface area contributed by atoms with Gasteiger partial charge in [-0.25, -0.2) is 0 Å². The minimum absolute atomic E-state index is 0.0987. The van der Waals surface area contributed by atoms with Gasteiger partial charge in [0.1, 0.15) is 6.04 Å². The van der Waals surface area contributed by atoms with E-state index in [9.17, 15) is 9.59 Å². The number of hydrogen-bond acceptors (Lipinski definition) is 2. The van der Waals surface area contributed by atoms with Gasteiger partial charge in [-0.3, -0.25) is 9.59 Å². The van der Waals surface area contributed by atoms with Crippen LogP contribution in [0.3, 0.4) is 0 Å². The molecule has 0 spiro atoms. The Bertz CT molecular complexity index is 975. The predicted octanol–water partition coefficient (Wildman–Crippen LogP) is 4.66. The first-order chi connectivity index (χ1) is 15.1. The van der Waals surface area contributed by atoms with Crippen LogP contribution in [0, 0.1) is 0 Å². The summed E-state index contributed by atoms with van der Waals surface area (Å²) in [6, 6.07) is 26.2. The summed E-state index contributed by atoms with van der Waals surface area (Å²) in [5.41, 5.74) is 2.85. The van der Waals surface area contributed by atoms with Crippen molar-refractivity contribution < 1.29 is 9.59 Å². The van der Waals surface area contributed by atoms with Gasteiger partial charge in [-0.2, -0.15) is 0 Å². The Morgan fingerprint density at radius 1 is 0.839 bits per heavy atom. The summed E-state index contributed by atoms with van der Waals surface area (Å²) in [6.07, 6.45) is 0.653. The zero-order chi connectivity index (χ0) is 22.1. The molecule has 1 unspecified atom stereocenters. The Kier molecular flexibility index (Phi) is 8.25. The second kappa shape index (κ2) is 11.3. The maximum atomic E-state index is 13.5. The number of carbonyl (C=O) groups is 2. The molecule has 1 N–H and O–H groups in total. The van der Waals surface area contributed by atoms with Crippen LogP contribution in [-0.4, -0.2) is 29.3 Å². The van der Waals surface area contributed by atoms with E-state index in [0.29, 0.717) is 24.5 Å². The number of carbonyl (C=O) groups excluding carboxylic acids is 2. The number of benzene rings is 3. The molecular formula is C26H27ClN2O2. The predicted molar refractivity (Wildman–Crippen MR) is 125 cm³/mol. The van der Waals surface area contributed by atoms with Gasteiger partial charge < -0.3 is 10.2 Å². The zero-order valence-electron chi connectivity index (χ0n) is 17.6. The van der Waals surface area contributed by atoms with Gasteiger partial charge >= 0.3 is 0 Å². The lowest BCUT2D eigenvalue weighted by Gasteiger charge is -2.31. The number of likely N-dealkylation sites (N-methyl/N-ethyl adjacent to an activating group) is 1. The van der Waals surface area contributed by atoms with Crippen molar-refractivity contribution in [2.45, 2.75) is 32.4 Å². The van der Waals surface area contributed by atoms with Crippen LogP contribution in [0.1, 0.15) is 23.6 Å². The molecular weight excluding hydrogens is 408 g/mol. The van der Waals surface area contributed by atoms with Crippen LogP contribution in [0.25, 0.3) is 0 Å². The Balaban J connectivity index is 1.92. The fourth-order valence-corrected chi connectivity index (χ4v) is 3.63. The average Bonchev–Trinajstić information content (AvgIpc) is 2.79. The molecule has 0 aliphatic carbocycles. The highest BCUT2D eigenvalue weighted by molar-refractivity contribution is 6.30. The van der Waals surface area contributed by atoms with Crippen LogP contribution in [0.15, 0.2) is 84.9 Å². The quantitative estimate of drug-likeness (QED) is 0.532. The van der Waals surface area contributed by atoms with Gasteiger partial charge in [-0.1, -0.05) is 84.4 Å². The first-order valence-corrected chi connectivity index (χ1v) is 10.8. The van der Waals surface area contributed by atoms with E-state index < -0.39 is 6.04 Å². The van der Waals surface area contributed by atoms with Crippen LogP contribution in [-0.2, 0) is 29.0 Å². The second-order valence-electron chi connectivity index (χ2n) is 7.41. The van der Waals surface area contributed by atoms with E-state index in [1.54, 1.807) is 17.0 Å². The first-order valence-electron chi connectivity index (χ1n) is 10.5. The van der Waals surface area contributed by atoms with Crippen molar-refractivity contribution in [1.82, 2.24) is 10.2 Å². The van der Waals surface area contributed by atoms with E-state index in [1.165, 1.54) is 0 Å². The molecule has 160 valence electrons. The molecule has 0 aliphatic rings. The van der Waals surface area contributed by atoms with Gasteiger partial charge in [0.2, 0.25) is 11.8 Å². The van der Waals surface area contributed by atoms with Gasteiger partial charge in [-0.15, -0.1) is 0 Å². The van der Waals surface area contributed by atoms with Gasteiger partial charge in [0, 0.05) is 24.5 Å². The number of nitrogens with zero attached hydrogens (tertiary/aromatic N) is 1. The fourth-order valence-electron chi connectivity index (χ4n) is 3.50. The molecule has 0 heterocycles. The highest BCUT2D eigenvalue weighted by atomic mass is 35.5. The van der Waals surface area contributed by atoms with E-state index in [1.807, 2.05) is 79.7 Å². The maximum Gasteiger partial charge on any atom is 0.243 e. The highest BCUT2D eigenvalue weighted by Gasteiger charge is 2.30. The molecule has 1 atom stereocenters. The largest absolute Gasteiger partial charge is 0.355 e. The standard InChI is InChI=1S/C26H27ClN2O2/c1-2-28-26(31)24(17-20-9-5-3-6-10-20)29(19-22-11-7-4-8-12-22)25(30)18-21-13-15-23(27)16-14-21/h3-16,24H,2,17-19H2,1H3,(H,28,31). The smallest absolute Gasteiger partial charge is 0.243 e. The molecule has 3 aromatic carbocycles. The van der Waals surface area contributed by atoms with Crippen LogP contribution in [0.2, 0.25) is 5.02 Å². The van der Waals surface area contributed by atoms with E-state index >= 15 is 0 Å². The average molecular weight is 435 g/mol. The van der Waals surface area contributed by atoms with Gasteiger partial charge in [-0.05, 0) is 35.7 Å². The summed E-state index contributed by atoms with van der Waals surface area (Å²) in [7, 11) is 0. The maximum absolute atomic E-state index is 13.5. The van der Waals surface area contributed by atoms with Crippen LogP contribution in [0.4, 0.5) is 0 Å². The summed E-state index contributed by atoms with van der Waals surface area (Å²) >= 11 is 5.99. The monoisotopic (exact) mass is 434 g/mol. The van der Waals surface area contributed by atoms with E-state index in [-0.39, 0.29) is 18.2 Å². The molecule has 3 aromatic rings. The lowest BCUT2D eigenvalue weighted by molar-refractivity contribution is -0.140. The fraction of sp³-hybridized carbons (Fsp3) is 0.231. The van der Waals surface area contributed by atoms with Crippen molar-refractivity contribution in [3.63, 3.8) is 0 Å². The lowest BCUT2D eigenvalue weighted by atomic mass is 10.0. The summed E-state index contributed by atoms with van der Waals surface area (Å²) < 4.78 is 0. The topological polar surface area (TPSA) is 49.4 Å². The number of nitrogens with one attached hydrogen (secondary N) is 1. The molecule has 0 saturated carbocycles. The number of halogens is 1. The van der Waals surface area contributed by atoms with E-state index in [4.69, 9.17) is 11.6 Å². The Morgan fingerprint density at radius 2 is 1.42 bits per heavy atom. The Morgan fingerprint density at radius 3 is 2.00 bits per heavy atom. The summed E-state index contributed by atoms with van der Waals surface area (Å²) in [4.78, 5) is 28.2. The molecule has 0 fully saturated rings. The zero-order valence-corrected chi connectivity index (χ0v) is 18.4. The van der Waals surface area contributed by atoms with Crippen molar-refractivity contribution >= 4 is 23.4 Å². The lowest BCUT2D eigenvalue weighted by Crippen LogP contribution is -2.50. The number of hydrogen-bond donors (Lipinski definition) is 1. The molecule has 0 aliphatic heterocycles. The summed E-state index contributed by atoms with van der Waals surface area (Å²) in [6.45, 7) is 2.76. The minimum Gasteiger partial charge on any atom is -0.355 e. The number of rotatable bonds is 9. The molecule has 5 heteroatoms. The highest BCUT2D eigenvalue weighted by Crippen LogP contribution is 2.17. The molecule has 0 radical (unpaired) electrons. The third kappa shape index (κ3) is 6.69. The van der Waals surface area contributed by atoms with Gasteiger partial charge in [0.15, 0.2) is 0 Å². The normalized spacial score (nSPS) is 11.5. The Hall–Kier alpha value is -3.11. The van der Waals surface area contributed by atoms with Crippen molar-refractivity contribution in [3.05, 3.63) is 107 Å². The Labute approximate surface area is 188 Å². The van der Waals surface area contributed by atoms with Crippen LogP contribution < -0.4 is 5.32 Å². The molecule has 3 rings (SSSR count). The number of amides is 2. The third-order valence-corrected chi connectivity index (χ3v) is 5.34. The van der Waals surface area contributed by atoms with Crippen molar-refractivity contribution in [1.29, 1.82) is 0 Å². The molecule has 31 heavy (non-hydrogen) atoms. The molecule has 0 aromatic heterocycles. The summed E-state index contributed by atoms with van der Waals surface area (Å²) in [5.74, 6) is -0.245. The second-order valence-corrected chi connectivity index (χ2v) is 7.85.